The third-order valence-electron chi connectivity index (χ3n) is 3.42. The van der Waals surface area contributed by atoms with Crippen LogP contribution in [0.5, 0.6) is 0 Å². The summed E-state index contributed by atoms with van der Waals surface area (Å²) >= 11 is 7.40. The smallest absolute Gasteiger partial charge is 0.255 e. The van der Waals surface area contributed by atoms with Crippen molar-refractivity contribution in [3.05, 3.63) is 29.3 Å². The first-order chi connectivity index (χ1) is 10.7. The molecule has 1 amide bonds. The summed E-state index contributed by atoms with van der Waals surface area (Å²) in [6, 6.07) is 7.37. The molecule has 0 aliphatic carbocycles. The number of carbonyl (C=O) groups excluding carboxylic acids is 1. The van der Waals surface area contributed by atoms with E-state index in [9.17, 15) is 4.79 Å². The quantitative estimate of drug-likeness (QED) is 0.858. The Balaban J connectivity index is 0.00000192. The Morgan fingerprint density at radius 1 is 1.39 bits per heavy atom. The average molecular weight is 375 g/mol. The summed E-state index contributed by atoms with van der Waals surface area (Å²) in [4.78, 5) is 12.1. The Bertz CT molecular complexity index is 682. The van der Waals surface area contributed by atoms with Crippen molar-refractivity contribution in [1.29, 1.82) is 0 Å². The van der Waals surface area contributed by atoms with E-state index in [1.165, 1.54) is 11.3 Å². The molecular weight excluding hydrogens is 359 g/mol. The van der Waals surface area contributed by atoms with Gasteiger partial charge < -0.3 is 10.5 Å². The fourth-order valence-electron chi connectivity index (χ4n) is 2.28. The van der Waals surface area contributed by atoms with E-state index in [1.807, 2.05) is 18.2 Å². The second kappa shape index (κ2) is 8.03. The summed E-state index contributed by atoms with van der Waals surface area (Å²) < 4.78 is 5.55. The second-order valence-electron chi connectivity index (χ2n) is 4.94. The molecule has 6 nitrogen and oxygen atoms in total. The minimum absolute atomic E-state index is 0. The van der Waals surface area contributed by atoms with Crippen LogP contribution in [0.15, 0.2) is 24.3 Å². The van der Waals surface area contributed by atoms with Crippen LogP contribution in [0.1, 0.15) is 12.8 Å². The molecule has 2 heterocycles. The van der Waals surface area contributed by atoms with Crippen molar-refractivity contribution in [3.63, 3.8) is 0 Å². The van der Waals surface area contributed by atoms with Crippen LogP contribution in [0.3, 0.4) is 0 Å². The zero-order valence-electron chi connectivity index (χ0n) is 12.1. The lowest BCUT2D eigenvalue weighted by molar-refractivity contribution is -0.126. The van der Waals surface area contributed by atoms with Crippen molar-refractivity contribution in [2.75, 3.05) is 11.9 Å². The lowest BCUT2D eigenvalue weighted by Gasteiger charge is -2.10. The first-order valence-corrected chi connectivity index (χ1v) is 8.11. The van der Waals surface area contributed by atoms with E-state index in [4.69, 9.17) is 22.1 Å². The van der Waals surface area contributed by atoms with Gasteiger partial charge in [0, 0.05) is 12.1 Å². The zero-order valence-corrected chi connectivity index (χ0v) is 14.5. The third kappa shape index (κ3) is 4.19. The number of hydrogen-bond acceptors (Lipinski definition) is 6. The van der Waals surface area contributed by atoms with Crippen molar-refractivity contribution in [3.8, 4) is 10.6 Å². The van der Waals surface area contributed by atoms with Crippen molar-refractivity contribution < 1.29 is 9.53 Å². The van der Waals surface area contributed by atoms with Gasteiger partial charge in [-0.15, -0.1) is 22.6 Å². The molecule has 124 valence electrons. The number of aromatic nitrogens is 2. The van der Waals surface area contributed by atoms with Crippen LogP contribution in [0.4, 0.5) is 5.13 Å². The SMILES string of the molecule is Cl.NC[C@H]1CC[C@@H](C(=O)Nc2nnc(-c3ccccc3Cl)s2)O1. The van der Waals surface area contributed by atoms with E-state index in [0.717, 1.165) is 12.0 Å². The van der Waals surface area contributed by atoms with Crippen molar-refractivity contribution in [1.82, 2.24) is 10.2 Å². The maximum absolute atomic E-state index is 12.1. The Morgan fingerprint density at radius 2 is 2.17 bits per heavy atom. The van der Waals surface area contributed by atoms with Gasteiger partial charge in [-0.2, -0.15) is 0 Å². The fraction of sp³-hybridized carbons (Fsp3) is 0.357. The number of amides is 1. The summed E-state index contributed by atoms with van der Waals surface area (Å²) in [5.74, 6) is -0.210. The van der Waals surface area contributed by atoms with Gasteiger partial charge in [0.15, 0.2) is 5.01 Å². The Labute approximate surface area is 148 Å². The molecule has 23 heavy (non-hydrogen) atoms. The van der Waals surface area contributed by atoms with E-state index in [0.29, 0.717) is 28.1 Å². The van der Waals surface area contributed by atoms with E-state index in [1.54, 1.807) is 6.07 Å². The summed E-state index contributed by atoms with van der Waals surface area (Å²) in [5.41, 5.74) is 6.34. The van der Waals surface area contributed by atoms with E-state index >= 15 is 0 Å². The van der Waals surface area contributed by atoms with Crippen LogP contribution in [0.2, 0.25) is 5.02 Å². The van der Waals surface area contributed by atoms with Gasteiger partial charge in [0.2, 0.25) is 5.13 Å². The Morgan fingerprint density at radius 3 is 2.87 bits per heavy atom. The standard InChI is InChI=1S/C14H15ClN4O2S.ClH/c15-10-4-2-1-3-9(10)13-18-19-14(22-13)17-12(20)11-6-5-8(7-16)21-11;/h1-4,8,11H,5-7,16H2,(H,17,19,20);1H/t8-,11+;/m1./s1. The molecule has 0 saturated carbocycles. The highest BCUT2D eigenvalue weighted by Crippen LogP contribution is 2.32. The van der Waals surface area contributed by atoms with Crippen LogP contribution >= 0.6 is 35.3 Å². The highest BCUT2D eigenvalue weighted by Gasteiger charge is 2.30. The van der Waals surface area contributed by atoms with E-state index < -0.39 is 6.10 Å². The van der Waals surface area contributed by atoms with Crippen molar-refractivity contribution in [2.45, 2.75) is 25.0 Å². The molecule has 0 unspecified atom stereocenters. The molecule has 1 aromatic carbocycles. The topological polar surface area (TPSA) is 90.1 Å². The fourth-order valence-corrected chi connectivity index (χ4v) is 3.34. The lowest BCUT2D eigenvalue weighted by atomic mass is 10.2. The van der Waals surface area contributed by atoms with Crippen molar-refractivity contribution >= 4 is 46.4 Å². The summed E-state index contributed by atoms with van der Waals surface area (Å²) in [6.45, 7) is 0.430. The molecule has 9 heteroatoms. The number of nitrogens with one attached hydrogen (secondary N) is 1. The molecule has 0 bridgehead atoms. The highest BCUT2D eigenvalue weighted by atomic mass is 35.5. The predicted octanol–water partition coefficient (Wildman–Crippen LogP) is 2.73. The number of halogens is 2. The number of nitrogens with two attached hydrogens (primary N) is 1. The number of ether oxygens (including phenoxy) is 1. The molecule has 1 aliphatic rings. The van der Waals surface area contributed by atoms with Gasteiger partial charge in [-0.3, -0.25) is 10.1 Å². The molecular formula is C14H16Cl2N4O2S. The number of benzene rings is 1. The van der Waals surface area contributed by atoms with Gasteiger partial charge in [0.05, 0.1) is 11.1 Å². The van der Waals surface area contributed by atoms with Gasteiger partial charge >= 0.3 is 0 Å². The maximum Gasteiger partial charge on any atom is 0.255 e. The molecule has 1 aliphatic heterocycles. The number of carbonyl (C=O) groups is 1. The Kier molecular flexibility index (Phi) is 6.32. The number of hydrogen-bond donors (Lipinski definition) is 2. The molecule has 1 fully saturated rings. The molecule has 0 radical (unpaired) electrons. The van der Waals surface area contributed by atoms with Crippen LogP contribution in [-0.2, 0) is 9.53 Å². The molecule has 1 aromatic heterocycles. The minimum Gasteiger partial charge on any atom is -0.364 e. The first-order valence-electron chi connectivity index (χ1n) is 6.92. The number of nitrogens with zero attached hydrogens (tertiary/aromatic N) is 2. The maximum atomic E-state index is 12.1. The van der Waals surface area contributed by atoms with Crippen molar-refractivity contribution in [2.24, 2.45) is 5.73 Å². The van der Waals surface area contributed by atoms with E-state index in [2.05, 4.69) is 15.5 Å². The summed E-state index contributed by atoms with van der Waals surface area (Å²) in [5, 5.41) is 12.5. The van der Waals surface area contributed by atoms with Crippen LogP contribution < -0.4 is 11.1 Å². The second-order valence-corrected chi connectivity index (χ2v) is 6.33. The zero-order chi connectivity index (χ0) is 15.5. The molecule has 2 atom stereocenters. The van der Waals surface area contributed by atoms with Crippen LogP contribution in [0.25, 0.3) is 10.6 Å². The summed E-state index contributed by atoms with van der Waals surface area (Å²) in [6.07, 6.45) is 0.962. The molecule has 0 spiro atoms. The first kappa shape index (κ1) is 18.1. The minimum atomic E-state index is -0.471. The highest BCUT2D eigenvalue weighted by molar-refractivity contribution is 7.18. The molecule has 3 rings (SSSR count). The molecule has 2 aromatic rings. The lowest BCUT2D eigenvalue weighted by Crippen LogP contribution is -2.29. The molecule has 3 N–H and O–H groups in total. The van der Waals surface area contributed by atoms with Crippen LogP contribution in [0, 0.1) is 0 Å². The average Bonchev–Trinajstić information content (AvgIpc) is 3.16. The number of rotatable bonds is 4. The van der Waals surface area contributed by atoms with Gasteiger partial charge in [-0.05, 0) is 18.9 Å². The third-order valence-corrected chi connectivity index (χ3v) is 4.62. The van der Waals surface area contributed by atoms with Gasteiger partial charge in [0.25, 0.3) is 5.91 Å². The Hall–Kier alpha value is -1.25. The monoisotopic (exact) mass is 374 g/mol. The van der Waals surface area contributed by atoms with Crippen LogP contribution in [-0.4, -0.2) is 34.9 Å². The van der Waals surface area contributed by atoms with Gasteiger partial charge in [-0.1, -0.05) is 41.1 Å². The molecule has 1 saturated heterocycles. The van der Waals surface area contributed by atoms with Gasteiger partial charge in [0.1, 0.15) is 6.10 Å². The summed E-state index contributed by atoms with van der Waals surface area (Å²) in [7, 11) is 0. The predicted molar refractivity (Wildman–Crippen MR) is 93.2 cm³/mol. The normalized spacial score (nSPS) is 20.1. The number of anilines is 1. The van der Waals surface area contributed by atoms with E-state index in [-0.39, 0.29) is 24.4 Å². The largest absolute Gasteiger partial charge is 0.364 e. The van der Waals surface area contributed by atoms with Gasteiger partial charge in [-0.25, -0.2) is 0 Å².